The second kappa shape index (κ2) is 8.25. The van der Waals surface area contributed by atoms with E-state index in [0.717, 1.165) is 41.7 Å². The topological polar surface area (TPSA) is 58.4 Å². The summed E-state index contributed by atoms with van der Waals surface area (Å²) in [6, 6.07) is 3.94. The van der Waals surface area contributed by atoms with Crippen LogP contribution in [0.1, 0.15) is 31.4 Å². The SMILES string of the molecule is Cl.Cl.O=C(NCc1cn2cc(Br)ccc2n1)[C@@]12CCCC[C@H]1CNC2. The number of carbonyl (C=O) groups is 1. The van der Waals surface area contributed by atoms with Gasteiger partial charge in [0.25, 0.3) is 0 Å². The van der Waals surface area contributed by atoms with Crippen molar-refractivity contribution in [1.82, 2.24) is 20.0 Å². The van der Waals surface area contributed by atoms with Crippen molar-refractivity contribution in [3.05, 3.63) is 34.7 Å². The molecule has 138 valence electrons. The van der Waals surface area contributed by atoms with Gasteiger partial charge in [-0.2, -0.15) is 0 Å². The third kappa shape index (κ3) is 3.82. The largest absolute Gasteiger partial charge is 0.350 e. The number of nitrogens with one attached hydrogen (secondary N) is 2. The summed E-state index contributed by atoms with van der Waals surface area (Å²) in [5.41, 5.74) is 1.60. The van der Waals surface area contributed by atoms with Gasteiger partial charge in [0.15, 0.2) is 0 Å². The van der Waals surface area contributed by atoms with E-state index in [2.05, 4.69) is 31.5 Å². The molecule has 2 aromatic rings. The van der Waals surface area contributed by atoms with Crippen molar-refractivity contribution in [1.29, 1.82) is 0 Å². The lowest BCUT2D eigenvalue weighted by atomic mass is 9.67. The Hall–Kier alpha value is -0.820. The number of amides is 1. The molecule has 1 aliphatic carbocycles. The highest BCUT2D eigenvalue weighted by atomic mass is 79.9. The van der Waals surface area contributed by atoms with Crippen molar-refractivity contribution in [3.8, 4) is 0 Å². The van der Waals surface area contributed by atoms with Crippen molar-refractivity contribution in [2.75, 3.05) is 13.1 Å². The fraction of sp³-hybridized carbons (Fsp3) is 0.529. The van der Waals surface area contributed by atoms with Crippen LogP contribution in [0.15, 0.2) is 29.0 Å². The van der Waals surface area contributed by atoms with Gasteiger partial charge in [-0.3, -0.25) is 4.79 Å². The number of hydrogen-bond donors (Lipinski definition) is 2. The smallest absolute Gasteiger partial charge is 0.228 e. The summed E-state index contributed by atoms with van der Waals surface area (Å²) < 4.78 is 2.99. The molecule has 8 heteroatoms. The highest BCUT2D eigenvalue weighted by Crippen LogP contribution is 2.43. The van der Waals surface area contributed by atoms with Gasteiger partial charge >= 0.3 is 0 Å². The van der Waals surface area contributed by atoms with E-state index < -0.39 is 0 Å². The minimum atomic E-state index is -0.194. The van der Waals surface area contributed by atoms with E-state index >= 15 is 0 Å². The zero-order valence-corrected chi connectivity index (χ0v) is 17.1. The van der Waals surface area contributed by atoms with E-state index in [-0.39, 0.29) is 36.1 Å². The number of nitrogens with zero attached hydrogens (tertiary/aromatic N) is 2. The summed E-state index contributed by atoms with van der Waals surface area (Å²) in [5, 5.41) is 6.57. The van der Waals surface area contributed by atoms with E-state index in [1.807, 2.05) is 28.9 Å². The van der Waals surface area contributed by atoms with Crippen LogP contribution in [-0.4, -0.2) is 28.4 Å². The molecule has 0 aromatic carbocycles. The van der Waals surface area contributed by atoms with Crippen molar-refractivity contribution >= 4 is 52.3 Å². The second-order valence-corrected chi connectivity index (χ2v) is 7.67. The number of pyridine rings is 1. The molecule has 2 fully saturated rings. The Morgan fingerprint density at radius 2 is 2.20 bits per heavy atom. The van der Waals surface area contributed by atoms with Gasteiger partial charge in [0.1, 0.15) is 5.65 Å². The van der Waals surface area contributed by atoms with Crippen LogP contribution in [0.4, 0.5) is 0 Å². The molecule has 1 saturated carbocycles. The van der Waals surface area contributed by atoms with Crippen molar-refractivity contribution < 1.29 is 4.79 Å². The lowest BCUT2D eigenvalue weighted by Crippen LogP contribution is -2.47. The van der Waals surface area contributed by atoms with Crippen LogP contribution < -0.4 is 10.6 Å². The number of halogens is 3. The molecule has 1 saturated heterocycles. The van der Waals surface area contributed by atoms with Crippen molar-refractivity contribution in [2.24, 2.45) is 11.3 Å². The first-order chi connectivity index (χ1) is 11.2. The Kier molecular flexibility index (Phi) is 6.76. The molecule has 2 aliphatic rings. The first-order valence-electron chi connectivity index (χ1n) is 8.29. The van der Waals surface area contributed by atoms with E-state index in [0.29, 0.717) is 12.5 Å². The molecule has 2 N–H and O–H groups in total. The average molecular weight is 450 g/mol. The predicted molar refractivity (Wildman–Crippen MR) is 106 cm³/mol. The number of imidazole rings is 1. The van der Waals surface area contributed by atoms with E-state index in [4.69, 9.17) is 0 Å². The van der Waals surface area contributed by atoms with Gasteiger partial charge in [-0.05, 0) is 53.4 Å². The molecule has 1 aliphatic heterocycles. The molecule has 2 atom stereocenters. The number of carbonyl (C=O) groups excluding carboxylic acids is 1. The van der Waals surface area contributed by atoms with Crippen LogP contribution in [0.5, 0.6) is 0 Å². The zero-order valence-electron chi connectivity index (χ0n) is 13.8. The molecule has 5 nitrogen and oxygen atoms in total. The Balaban J connectivity index is 0.00000113. The molecule has 25 heavy (non-hydrogen) atoms. The van der Waals surface area contributed by atoms with Crippen LogP contribution >= 0.6 is 40.7 Å². The lowest BCUT2D eigenvalue weighted by Gasteiger charge is -2.37. The standard InChI is InChI=1S/C17H21BrN4O.2ClH/c18-13-4-5-15-21-14(10-22(15)9-13)8-20-16(23)17-6-2-1-3-12(17)7-19-11-17;;/h4-5,9-10,12,19H,1-3,6-8,11H2,(H,20,23);2*1H/t12-,17+;;/m0../s1. The highest BCUT2D eigenvalue weighted by molar-refractivity contribution is 9.10. The highest BCUT2D eigenvalue weighted by Gasteiger charge is 2.49. The van der Waals surface area contributed by atoms with Gasteiger partial charge in [0.2, 0.25) is 5.91 Å². The Labute approximate surface area is 168 Å². The first-order valence-corrected chi connectivity index (χ1v) is 9.09. The van der Waals surface area contributed by atoms with Crippen LogP contribution in [0.25, 0.3) is 5.65 Å². The van der Waals surface area contributed by atoms with Gasteiger partial charge in [0.05, 0.1) is 17.7 Å². The third-order valence-corrected chi connectivity index (χ3v) is 5.85. The molecule has 4 rings (SSSR count). The van der Waals surface area contributed by atoms with Gasteiger partial charge < -0.3 is 15.0 Å². The molecule has 0 unspecified atom stereocenters. The maximum atomic E-state index is 12.9. The first kappa shape index (κ1) is 20.5. The molecular formula is C17H23BrCl2N4O. The number of hydrogen-bond acceptors (Lipinski definition) is 3. The van der Waals surface area contributed by atoms with E-state index in [9.17, 15) is 4.79 Å². The molecule has 0 radical (unpaired) electrons. The number of rotatable bonds is 3. The maximum Gasteiger partial charge on any atom is 0.228 e. The van der Waals surface area contributed by atoms with Crippen LogP contribution in [0.2, 0.25) is 0 Å². The Morgan fingerprint density at radius 1 is 1.36 bits per heavy atom. The average Bonchev–Trinajstić information content (AvgIpc) is 3.16. The maximum absolute atomic E-state index is 12.9. The fourth-order valence-corrected chi connectivity index (χ4v) is 4.49. The summed E-state index contributed by atoms with van der Waals surface area (Å²) in [5.74, 6) is 0.693. The lowest BCUT2D eigenvalue weighted by molar-refractivity contribution is -0.134. The Bertz CT molecular complexity index is 753. The normalized spacial score (nSPS) is 24.9. The zero-order chi connectivity index (χ0) is 15.9. The molecular weight excluding hydrogens is 427 g/mol. The van der Waals surface area contributed by atoms with Crippen LogP contribution in [-0.2, 0) is 11.3 Å². The quantitative estimate of drug-likeness (QED) is 0.755. The molecule has 2 aromatic heterocycles. The van der Waals surface area contributed by atoms with Gasteiger partial charge in [-0.25, -0.2) is 4.98 Å². The third-order valence-electron chi connectivity index (χ3n) is 5.39. The summed E-state index contributed by atoms with van der Waals surface area (Å²) in [6.45, 7) is 2.30. The minimum Gasteiger partial charge on any atom is -0.350 e. The number of fused-ring (bicyclic) bond motifs is 2. The summed E-state index contributed by atoms with van der Waals surface area (Å²) >= 11 is 3.46. The van der Waals surface area contributed by atoms with E-state index in [1.54, 1.807) is 0 Å². The van der Waals surface area contributed by atoms with Crippen LogP contribution in [0.3, 0.4) is 0 Å². The molecule has 1 amide bonds. The van der Waals surface area contributed by atoms with Gasteiger partial charge in [-0.15, -0.1) is 24.8 Å². The second-order valence-electron chi connectivity index (χ2n) is 6.76. The number of aromatic nitrogens is 2. The molecule has 0 bridgehead atoms. The van der Waals surface area contributed by atoms with Crippen molar-refractivity contribution in [3.63, 3.8) is 0 Å². The molecule has 0 spiro atoms. The summed E-state index contributed by atoms with van der Waals surface area (Å²) in [4.78, 5) is 17.4. The predicted octanol–water partition coefficient (Wildman–Crippen LogP) is 3.34. The van der Waals surface area contributed by atoms with Crippen LogP contribution in [0, 0.1) is 11.3 Å². The fourth-order valence-electron chi connectivity index (χ4n) is 4.14. The monoisotopic (exact) mass is 448 g/mol. The summed E-state index contributed by atoms with van der Waals surface area (Å²) in [6.07, 6.45) is 8.54. The summed E-state index contributed by atoms with van der Waals surface area (Å²) in [7, 11) is 0. The molecule has 3 heterocycles. The van der Waals surface area contributed by atoms with E-state index in [1.165, 1.54) is 12.8 Å². The van der Waals surface area contributed by atoms with Gasteiger partial charge in [0, 0.05) is 23.4 Å². The minimum absolute atomic E-state index is 0. The Morgan fingerprint density at radius 3 is 3.04 bits per heavy atom. The van der Waals surface area contributed by atoms with Crippen molar-refractivity contribution in [2.45, 2.75) is 32.2 Å². The van der Waals surface area contributed by atoms with Gasteiger partial charge in [-0.1, -0.05) is 12.8 Å².